The van der Waals surface area contributed by atoms with E-state index in [-0.39, 0.29) is 30.0 Å². The van der Waals surface area contributed by atoms with Crippen molar-refractivity contribution >= 4 is 0 Å². The lowest BCUT2D eigenvalue weighted by Crippen LogP contribution is -2.15. The number of H-pyrrole nitrogens is 1. The molecule has 0 atom stereocenters. The van der Waals surface area contributed by atoms with Gasteiger partial charge in [-0.1, -0.05) is 29.4 Å². The van der Waals surface area contributed by atoms with Gasteiger partial charge in [-0.3, -0.25) is 4.79 Å². The molecule has 0 aliphatic rings. The van der Waals surface area contributed by atoms with E-state index in [2.05, 4.69) is 19.6 Å². The van der Waals surface area contributed by atoms with E-state index < -0.39 is 17.6 Å². The van der Waals surface area contributed by atoms with Crippen molar-refractivity contribution in [2.45, 2.75) is 25.6 Å². The monoisotopic (exact) mass is 365 g/mol. The molecule has 0 spiro atoms. The largest absolute Gasteiger partial charge is 0.471 e. The summed E-state index contributed by atoms with van der Waals surface area (Å²) in [5, 5.41) is 12.7. The molecule has 0 bridgehead atoms. The fourth-order valence-corrected chi connectivity index (χ4v) is 2.63. The molecule has 6 nitrogen and oxygen atoms in total. The number of nitrogens with zero attached hydrogens (tertiary/aromatic N) is 2. The van der Waals surface area contributed by atoms with Crippen LogP contribution in [0.1, 0.15) is 22.6 Å². The normalized spacial score (nSPS) is 11.7. The third-order valence-corrected chi connectivity index (χ3v) is 3.91. The molecule has 0 fully saturated rings. The van der Waals surface area contributed by atoms with E-state index in [4.69, 9.17) is 0 Å². The molecule has 136 valence electrons. The van der Waals surface area contributed by atoms with Crippen molar-refractivity contribution < 1.29 is 22.8 Å². The molecule has 3 aromatic rings. The van der Waals surface area contributed by atoms with Gasteiger partial charge in [-0.25, -0.2) is 0 Å². The van der Waals surface area contributed by atoms with E-state index >= 15 is 0 Å². The molecule has 2 heterocycles. The van der Waals surface area contributed by atoms with Gasteiger partial charge in [0.2, 0.25) is 5.82 Å². The molecule has 2 N–H and O–H groups in total. The second-order valence-electron chi connectivity index (χ2n) is 5.55. The SMILES string of the molecule is O=c1[nH]ccc(-c2noc(C(F)(F)F)n2)c1CCc1ccccc1CO. The van der Waals surface area contributed by atoms with Crippen LogP contribution < -0.4 is 5.56 Å². The number of rotatable bonds is 5. The molecule has 3 rings (SSSR count). The third kappa shape index (κ3) is 3.67. The molecule has 26 heavy (non-hydrogen) atoms. The molecular weight excluding hydrogens is 351 g/mol. The van der Waals surface area contributed by atoms with Crippen molar-refractivity contribution in [2.24, 2.45) is 0 Å². The van der Waals surface area contributed by atoms with Crippen LogP contribution in [0.2, 0.25) is 0 Å². The molecule has 0 unspecified atom stereocenters. The number of halogens is 3. The Morgan fingerprint density at radius 1 is 1.12 bits per heavy atom. The van der Waals surface area contributed by atoms with Crippen LogP contribution in [0.15, 0.2) is 45.8 Å². The van der Waals surface area contributed by atoms with E-state index in [0.29, 0.717) is 6.42 Å². The second kappa shape index (κ2) is 7.12. The van der Waals surface area contributed by atoms with Gasteiger partial charge in [0.15, 0.2) is 0 Å². The minimum Gasteiger partial charge on any atom is -0.392 e. The number of hydrogen-bond acceptors (Lipinski definition) is 5. The van der Waals surface area contributed by atoms with Crippen LogP contribution in [0.3, 0.4) is 0 Å². The number of aliphatic hydroxyl groups is 1. The summed E-state index contributed by atoms with van der Waals surface area (Å²) in [6.07, 6.45) is -2.79. The summed E-state index contributed by atoms with van der Waals surface area (Å²) in [5.74, 6) is -1.77. The first-order valence-corrected chi connectivity index (χ1v) is 7.69. The summed E-state index contributed by atoms with van der Waals surface area (Å²) in [6, 6.07) is 8.60. The number of aromatic nitrogens is 3. The Morgan fingerprint density at radius 2 is 1.85 bits per heavy atom. The first-order chi connectivity index (χ1) is 12.4. The second-order valence-corrected chi connectivity index (χ2v) is 5.55. The lowest BCUT2D eigenvalue weighted by molar-refractivity contribution is -0.159. The highest BCUT2D eigenvalue weighted by Gasteiger charge is 2.38. The Bertz CT molecular complexity index is 963. The van der Waals surface area contributed by atoms with Crippen molar-refractivity contribution in [1.82, 2.24) is 15.1 Å². The van der Waals surface area contributed by atoms with Gasteiger partial charge >= 0.3 is 12.1 Å². The van der Waals surface area contributed by atoms with Crippen LogP contribution >= 0.6 is 0 Å². The van der Waals surface area contributed by atoms with Crippen LogP contribution in [0, 0.1) is 0 Å². The van der Waals surface area contributed by atoms with Crippen LogP contribution in [0.5, 0.6) is 0 Å². The summed E-state index contributed by atoms with van der Waals surface area (Å²) in [4.78, 5) is 18.0. The fraction of sp³-hybridized carbons (Fsp3) is 0.235. The molecule has 0 saturated carbocycles. The zero-order valence-electron chi connectivity index (χ0n) is 13.4. The number of aromatic amines is 1. The highest BCUT2D eigenvalue weighted by Crippen LogP contribution is 2.30. The van der Waals surface area contributed by atoms with Gasteiger partial charge in [0, 0.05) is 17.3 Å². The molecule has 9 heteroatoms. The first kappa shape index (κ1) is 17.9. The molecule has 0 amide bonds. The molecule has 0 saturated heterocycles. The van der Waals surface area contributed by atoms with Gasteiger partial charge in [0.1, 0.15) is 0 Å². The van der Waals surface area contributed by atoms with Crippen molar-refractivity contribution in [3.05, 3.63) is 69.5 Å². The number of hydrogen-bond donors (Lipinski definition) is 2. The Labute approximate surface area is 145 Å². The van der Waals surface area contributed by atoms with Crippen LogP contribution in [-0.2, 0) is 25.6 Å². The van der Waals surface area contributed by atoms with Gasteiger partial charge in [0.05, 0.1) is 6.61 Å². The quantitative estimate of drug-likeness (QED) is 0.725. The van der Waals surface area contributed by atoms with E-state index in [9.17, 15) is 23.1 Å². The summed E-state index contributed by atoms with van der Waals surface area (Å²) in [7, 11) is 0. The number of benzene rings is 1. The average Bonchev–Trinajstić information content (AvgIpc) is 3.11. The van der Waals surface area contributed by atoms with E-state index in [1.165, 1.54) is 12.3 Å². The lowest BCUT2D eigenvalue weighted by atomic mass is 9.98. The summed E-state index contributed by atoms with van der Waals surface area (Å²) in [6.45, 7) is -0.145. The van der Waals surface area contributed by atoms with Crippen molar-refractivity contribution in [2.75, 3.05) is 0 Å². The predicted molar refractivity (Wildman–Crippen MR) is 85.1 cm³/mol. The number of aliphatic hydroxyl groups excluding tert-OH is 1. The Morgan fingerprint density at radius 3 is 2.50 bits per heavy atom. The minimum absolute atomic E-state index is 0.145. The van der Waals surface area contributed by atoms with E-state index in [1.807, 2.05) is 6.07 Å². The predicted octanol–water partition coefficient (Wildman–Crippen LogP) is 2.72. The van der Waals surface area contributed by atoms with Gasteiger partial charge in [0.25, 0.3) is 5.56 Å². The highest BCUT2D eigenvalue weighted by atomic mass is 19.4. The third-order valence-electron chi connectivity index (χ3n) is 3.91. The summed E-state index contributed by atoms with van der Waals surface area (Å²) in [5.41, 5.74) is 1.54. The summed E-state index contributed by atoms with van der Waals surface area (Å²) < 4.78 is 42.2. The number of aryl methyl sites for hydroxylation is 1. The molecule has 0 radical (unpaired) electrons. The Balaban J connectivity index is 1.93. The van der Waals surface area contributed by atoms with Crippen molar-refractivity contribution in [3.63, 3.8) is 0 Å². The maximum atomic E-state index is 12.7. The minimum atomic E-state index is -4.76. The molecular formula is C17H14F3N3O3. The standard InChI is InChI=1S/C17H14F3N3O3/c18-17(19,20)16-22-14(23-26-16)12-7-8-21-15(25)13(12)6-5-10-3-1-2-4-11(10)9-24/h1-4,7-8,24H,5-6,9H2,(H,21,25). The molecule has 0 aliphatic heterocycles. The maximum Gasteiger partial charge on any atom is 0.471 e. The van der Waals surface area contributed by atoms with Gasteiger partial charge in [-0.2, -0.15) is 18.2 Å². The van der Waals surface area contributed by atoms with Crippen molar-refractivity contribution in [1.29, 1.82) is 0 Å². The molecule has 1 aromatic carbocycles. The fourth-order valence-electron chi connectivity index (χ4n) is 2.63. The van der Waals surface area contributed by atoms with Crippen LogP contribution in [0.4, 0.5) is 13.2 Å². The zero-order valence-corrected chi connectivity index (χ0v) is 13.4. The highest BCUT2D eigenvalue weighted by molar-refractivity contribution is 5.58. The first-order valence-electron chi connectivity index (χ1n) is 7.69. The van der Waals surface area contributed by atoms with Gasteiger partial charge in [-0.15, -0.1) is 0 Å². The molecule has 2 aromatic heterocycles. The van der Waals surface area contributed by atoms with Crippen LogP contribution in [-0.4, -0.2) is 20.2 Å². The number of nitrogens with one attached hydrogen (secondary N) is 1. The summed E-state index contributed by atoms with van der Waals surface area (Å²) >= 11 is 0. The zero-order chi connectivity index (χ0) is 18.7. The van der Waals surface area contributed by atoms with E-state index in [0.717, 1.165) is 11.1 Å². The molecule has 0 aliphatic carbocycles. The van der Waals surface area contributed by atoms with Gasteiger partial charge < -0.3 is 14.6 Å². The van der Waals surface area contributed by atoms with Crippen LogP contribution in [0.25, 0.3) is 11.4 Å². The average molecular weight is 365 g/mol. The van der Waals surface area contributed by atoms with Crippen molar-refractivity contribution in [3.8, 4) is 11.4 Å². The maximum absolute atomic E-state index is 12.7. The Hall–Kier alpha value is -2.94. The van der Waals surface area contributed by atoms with E-state index in [1.54, 1.807) is 18.2 Å². The number of pyridine rings is 1. The lowest BCUT2D eigenvalue weighted by Gasteiger charge is -2.08. The topological polar surface area (TPSA) is 92.0 Å². The van der Waals surface area contributed by atoms with Gasteiger partial charge in [-0.05, 0) is 30.0 Å². The smallest absolute Gasteiger partial charge is 0.392 e. The Kier molecular flexibility index (Phi) is 4.90. The number of alkyl halides is 3.